The lowest BCUT2D eigenvalue weighted by Gasteiger charge is -2.08. The molecular formula is C19H15F4NO3. The summed E-state index contributed by atoms with van der Waals surface area (Å²) in [6, 6.07) is 4.72. The molecule has 0 unspecified atom stereocenters. The van der Waals surface area contributed by atoms with E-state index in [2.05, 4.69) is 4.99 Å². The van der Waals surface area contributed by atoms with Crippen molar-refractivity contribution < 1.29 is 32.2 Å². The van der Waals surface area contributed by atoms with E-state index >= 15 is 0 Å². The van der Waals surface area contributed by atoms with E-state index in [4.69, 9.17) is 4.74 Å². The molecule has 0 atom stereocenters. The Morgan fingerprint density at radius 3 is 2.37 bits per heavy atom. The molecular weight excluding hydrogens is 366 g/mol. The third kappa shape index (κ3) is 4.72. The van der Waals surface area contributed by atoms with Crippen LogP contribution >= 0.6 is 0 Å². The van der Waals surface area contributed by atoms with E-state index < -0.39 is 46.1 Å². The van der Waals surface area contributed by atoms with Gasteiger partial charge in [0.1, 0.15) is 23.0 Å². The first-order chi connectivity index (χ1) is 12.7. The van der Waals surface area contributed by atoms with Crippen LogP contribution < -0.4 is 0 Å². The molecule has 2 aromatic carbocycles. The topological polar surface area (TPSA) is 58.9 Å². The zero-order valence-corrected chi connectivity index (χ0v) is 14.4. The van der Waals surface area contributed by atoms with Crippen molar-refractivity contribution in [1.29, 1.82) is 0 Å². The Balaban J connectivity index is 2.57. The molecule has 0 aliphatic carbocycles. The maximum Gasteiger partial charge on any atom is 0.343 e. The molecule has 0 bridgehead atoms. The number of aliphatic hydroxyl groups excluding tert-OH is 1. The van der Waals surface area contributed by atoms with Crippen molar-refractivity contribution in [3.8, 4) is 0 Å². The fourth-order valence-electron chi connectivity index (χ4n) is 2.12. The molecule has 8 heteroatoms. The van der Waals surface area contributed by atoms with Gasteiger partial charge in [-0.15, -0.1) is 0 Å². The standard InChI is InChI=1S/C19H15F4NO3/c1-3-27-19(26)12(9-24-17-5-4-10(2)6-16(17)23)18(25)11-7-14(21)15(22)8-13(11)20/h4-9,25H,3H2,1-2H3/b18-12-,24-9?. The van der Waals surface area contributed by atoms with Crippen LogP contribution in [0.1, 0.15) is 18.1 Å². The van der Waals surface area contributed by atoms with Crippen molar-refractivity contribution in [3.63, 3.8) is 0 Å². The van der Waals surface area contributed by atoms with Crippen molar-refractivity contribution in [2.45, 2.75) is 13.8 Å². The average Bonchev–Trinajstić information content (AvgIpc) is 2.60. The third-order valence-corrected chi connectivity index (χ3v) is 3.45. The first kappa shape index (κ1) is 20.2. The molecule has 4 nitrogen and oxygen atoms in total. The van der Waals surface area contributed by atoms with E-state index in [0.717, 1.165) is 6.21 Å². The summed E-state index contributed by atoms with van der Waals surface area (Å²) in [4.78, 5) is 15.8. The van der Waals surface area contributed by atoms with Crippen LogP contribution in [0.2, 0.25) is 0 Å². The highest BCUT2D eigenvalue weighted by molar-refractivity contribution is 6.15. The highest BCUT2D eigenvalue weighted by Gasteiger charge is 2.21. The third-order valence-electron chi connectivity index (χ3n) is 3.45. The monoisotopic (exact) mass is 381 g/mol. The van der Waals surface area contributed by atoms with Crippen molar-refractivity contribution in [2.75, 3.05) is 6.61 Å². The molecule has 0 saturated heterocycles. The quantitative estimate of drug-likeness (QED) is 0.202. The molecule has 0 aliphatic rings. The van der Waals surface area contributed by atoms with E-state index in [1.807, 2.05) is 0 Å². The summed E-state index contributed by atoms with van der Waals surface area (Å²) >= 11 is 0. The number of aryl methyl sites for hydroxylation is 1. The minimum absolute atomic E-state index is 0.0807. The molecule has 2 aromatic rings. The van der Waals surface area contributed by atoms with Gasteiger partial charge in [0, 0.05) is 12.3 Å². The SMILES string of the molecule is CCOC(=O)/C(C=Nc1ccc(C)cc1F)=C(\O)c1cc(F)c(F)cc1F. The fourth-order valence-corrected chi connectivity index (χ4v) is 2.12. The summed E-state index contributed by atoms with van der Waals surface area (Å²) < 4.78 is 59.0. The number of esters is 1. The zero-order chi connectivity index (χ0) is 20.1. The van der Waals surface area contributed by atoms with Crippen LogP contribution in [0.15, 0.2) is 40.9 Å². The number of aliphatic hydroxyl groups is 1. The summed E-state index contributed by atoms with van der Waals surface area (Å²) in [6.07, 6.45) is 0.766. The smallest absolute Gasteiger partial charge is 0.343 e. The summed E-state index contributed by atoms with van der Waals surface area (Å²) in [7, 11) is 0. The Kier molecular flexibility index (Phi) is 6.33. The van der Waals surface area contributed by atoms with Crippen LogP contribution in [0.4, 0.5) is 23.2 Å². The van der Waals surface area contributed by atoms with Gasteiger partial charge in [-0.2, -0.15) is 0 Å². The van der Waals surface area contributed by atoms with Crippen molar-refractivity contribution >= 4 is 23.6 Å². The van der Waals surface area contributed by atoms with Crippen molar-refractivity contribution in [1.82, 2.24) is 0 Å². The Labute approximate surface area is 152 Å². The molecule has 0 aliphatic heterocycles. The van der Waals surface area contributed by atoms with E-state index in [-0.39, 0.29) is 18.4 Å². The normalized spacial score (nSPS) is 12.2. The zero-order valence-electron chi connectivity index (χ0n) is 14.4. The fraction of sp³-hybridized carbons (Fsp3) is 0.158. The molecule has 0 saturated carbocycles. The van der Waals surface area contributed by atoms with E-state index in [9.17, 15) is 27.5 Å². The van der Waals surface area contributed by atoms with Gasteiger partial charge in [-0.05, 0) is 37.6 Å². The maximum atomic E-state index is 13.9. The molecule has 0 aromatic heterocycles. The van der Waals surface area contributed by atoms with Gasteiger partial charge in [0.05, 0.1) is 17.9 Å². The Morgan fingerprint density at radius 1 is 1.07 bits per heavy atom. The lowest BCUT2D eigenvalue weighted by molar-refractivity contribution is -0.137. The highest BCUT2D eigenvalue weighted by atomic mass is 19.2. The molecule has 0 fully saturated rings. The lowest BCUT2D eigenvalue weighted by Crippen LogP contribution is -2.12. The van der Waals surface area contributed by atoms with Crippen LogP contribution in [0.5, 0.6) is 0 Å². The van der Waals surface area contributed by atoms with Crippen LogP contribution in [0.3, 0.4) is 0 Å². The van der Waals surface area contributed by atoms with Crippen molar-refractivity contribution in [2.24, 2.45) is 4.99 Å². The number of carbonyl (C=O) groups excluding carboxylic acids is 1. The summed E-state index contributed by atoms with van der Waals surface area (Å²) in [6.45, 7) is 3.07. The molecule has 0 heterocycles. The Morgan fingerprint density at radius 2 is 1.74 bits per heavy atom. The van der Waals surface area contributed by atoms with Gasteiger partial charge in [0.25, 0.3) is 0 Å². The second-order valence-corrected chi connectivity index (χ2v) is 5.44. The van der Waals surface area contributed by atoms with Gasteiger partial charge in [0.2, 0.25) is 0 Å². The number of halogens is 4. The predicted molar refractivity (Wildman–Crippen MR) is 91.8 cm³/mol. The Bertz CT molecular complexity index is 939. The van der Waals surface area contributed by atoms with Crippen LogP contribution in [-0.4, -0.2) is 23.9 Å². The number of rotatable bonds is 5. The van der Waals surface area contributed by atoms with Gasteiger partial charge in [-0.3, -0.25) is 4.99 Å². The number of carbonyl (C=O) groups is 1. The first-order valence-corrected chi connectivity index (χ1v) is 7.80. The molecule has 0 spiro atoms. The maximum absolute atomic E-state index is 13.9. The van der Waals surface area contributed by atoms with Gasteiger partial charge in [0.15, 0.2) is 11.6 Å². The minimum atomic E-state index is -1.46. The largest absolute Gasteiger partial charge is 0.506 e. The summed E-state index contributed by atoms with van der Waals surface area (Å²) in [5, 5.41) is 10.2. The van der Waals surface area contributed by atoms with Crippen LogP contribution in [0, 0.1) is 30.2 Å². The van der Waals surface area contributed by atoms with Crippen LogP contribution in [-0.2, 0) is 9.53 Å². The predicted octanol–water partition coefficient (Wildman–Crippen LogP) is 4.79. The van der Waals surface area contributed by atoms with Gasteiger partial charge >= 0.3 is 5.97 Å². The van der Waals surface area contributed by atoms with Gasteiger partial charge < -0.3 is 9.84 Å². The Hall–Kier alpha value is -3.16. The van der Waals surface area contributed by atoms with E-state index in [1.54, 1.807) is 13.0 Å². The second-order valence-electron chi connectivity index (χ2n) is 5.44. The molecule has 2 rings (SSSR count). The number of aliphatic imine (C=N–C) groups is 1. The van der Waals surface area contributed by atoms with E-state index in [1.165, 1.54) is 19.1 Å². The molecule has 142 valence electrons. The lowest BCUT2D eigenvalue weighted by atomic mass is 10.1. The number of ether oxygens (including phenoxy) is 1. The average molecular weight is 381 g/mol. The molecule has 1 N–H and O–H groups in total. The van der Waals surface area contributed by atoms with Gasteiger partial charge in [-0.25, -0.2) is 22.4 Å². The van der Waals surface area contributed by atoms with Crippen molar-refractivity contribution in [3.05, 3.63) is 70.3 Å². The minimum Gasteiger partial charge on any atom is -0.506 e. The second kappa shape index (κ2) is 8.48. The number of hydrogen-bond acceptors (Lipinski definition) is 4. The number of benzene rings is 2. The molecule has 0 radical (unpaired) electrons. The number of nitrogens with zero attached hydrogens (tertiary/aromatic N) is 1. The highest BCUT2D eigenvalue weighted by Crippen LogP contribution is 2.24. The van der Waals surface area contributed by atoms with Gasteiger partial charge in [-0.1, -0.05) is 6.07 Å². The summed E-state index contributed by atoms with van der Waals surface area (Å²) in [5.74, 6) is -7.01. The number of hydrogen-bond donors (Lipinski definition) is 1. The molecule has 0 amide bonds. The first-order valence-electron chi connectivity index (χ1n) is 7.80. The molecule has 27 heavy (non-hydrogen) atoms. The summed E-state index contributed by atoms with van der Waals surface area (Å²) in [5.41, 5.74) is -0.935. The van der Waals surface area contributed by atoms with E-state index in [0.29, 0.717) is 11.6 Å². The van der Waals surface area contributed by atoms with Crippen LogP contribution in [0.25, 0.3) is 5.76 Å².